The molecule has 1 aliphatic heterocycles. The number of nitrogens with one attached hydrogen (secondary N) is 1. The average molecular weight is 462 g/mol. The number of nitrogens with zero attached hydrogens (tertiary/aromatic N) is 1. The Hall–Kier alpha value is -0.242. The first-order valence-electron chi connectivity index (χ1n) is 7.00. The van der Waals surface area contributed by atoms with Crippen LogP contribution in [0.3, 0.4) is 0 Å². The van der Waals surface area contributed by atoms with E-state index < -0.39 is 0 Å². The van der Waals surface area contributed by atoms with Crippen LogP contribution in [0.1, 0.15) is 34.6 Å². The Morgan fingerprint density at radius 1 is 1.40 bits per heavy atom. The fourth-order valence-corrected chi connectivity index (χ4v) is 3.47. The Labute approximate surface area is 139 Å². The fourth-order valence-electron chi connectivity index (χ4n) is 1.87. The first kappa shape index (κ1) is 19.8. The van der Waals surface area contributed by atoms with E-state index in [2.05, 4.69) is 48.5 Å². The average Bonchev–Trinajstić information content (AvgIpc) is 2.46. The van der Waals surface area contributed by atoms with Crippen LogP contribution in [-0.2, 0) is 19.4 Å². The van der Waals surface area contributed by atoms with Gasteiger partial charge in [0.25, 0.3) is 0 Å². The molecule has 0 bridgehead atoms. The molecule has 112 valence electrons. The van der Waals surface area contributed by atoms with Gasteiger partial charge in [-0.3, -0.25) is 0 Å². The SMILES string of the molecule is CC.C\C=C/C=C1/C(=NC)C(N[C](C)=[W])CS/C1=C/C. The van der Waals surface area contributed by atoms with Gasteiger partial charge in [-0.2, -0.15) is 0 Å². The summed E-state index contributed by atoms with van der Waals surface area (Å²) in [5.41, 5.74) is 2.42. The van der Waals surface area contributed by atoms with Crippen molar-refractivity contribution in [2.24, 2.45) is 4.99 Å². The van der Waals surface area contributed by atoms with Crippen molar-refractivity contribution in [2.75, 3.05) is 12.8 Å². The zero-order valence-electron chi connectivity index (χ0n) is 13.4. The Morgan fingerprint density at radius 3 is 2.50 bits per heavy atom. The third kappa shape index (κ3) is 6.03. The van der Waals surface area contributed by atoms with Gasteiger partial charge in [0.1, 0.15) is 0 Å². The first-order valence-corrected chi connectivity index (χ1v) is 9.45. The molecule has 1 atom stereocenters. The summed E-state index contributed by atoms with van der Waals surface area (Å²) in [6.45, 7) is 10.3. The minimum atomic E-state index is 0.331. The molecule has 1 saturated heterocycles. The summed E-state index contributed by atoms with van der Waals surface area (Å²) in [4.78, 5) is 5.83. The second kappa shape index (κ2) is 11.4. The Bertz CT molecular complexity index is 434. The van der Waals surface area contributed by atoms with Gasteiger partial charge >= 0.3 is 126 Å². The number of hydrogen-bond donors (Lipinski definition) is 1. The van der Waals surface area contributed by atoms with Gasteiger partial charge in [-0.15, -0.1) is 0 Å². The second-order valence-electron chi connectivity index (χ2n) is 3.93. The molecule has 20 heavy (non-hydrogen) atoms. The first-order chi connectivity index (χ1) is 9.63. The Morgan fingerprint density at radius 2 is 2.05 bits per heavy atom. The van der Waals surface area contributed by atoms with Crippen LogP contribution in [-0.4, -0.2) is 28.6 Å². The number of aliphatic imine (C=N–C) groups is 1. The summed E-state index contributed by atoms with van der Waals surface area (Å²) in [5.74, 6) is 1.05. The predicted molar refractivity (Wildman–Crippen MR) is 91.4 cm³/mol. The molecule has 0 amide bonds. The fraction of sp³-hybridized carbons (Fsp3) is 0.500. The van der Waals surface area contributed by atoms with Crippen molar-refractivity contribution in [2.45, 2.75) is 40.7 Å². The molecule has 0 aromatic rings. The van der Waals surface area contributed by atoms with Gasteiger partial charge in [-0.25, -0.2) is 0 Å². The molecular formula is C16H26N2SW. The van der Waals surface area contributed by atoms with E-state index in [0.29, 0.717) is 6.04 Å². The van der Waals surface area contributed by atoms with Gasteiger partial charge < -0.3 is 0 Å². The van der Waals surface area contributed by atoms with Gasteiger partial charge in [-0.05, 0) is 0 Å². The van der Waals surface area contributed by atoms with Crippen LogP contribution in [0.4, 0.5) is 0 Å². The molecule has 0 aromatic heterocycles. The molecule has 1 fully saturated rings. The van der Waals surface area contributed by atoms with E-state index in [1.54, 1.807) is 0 Å². The van der Waals surface area contributed by atoms with Crippen LogP contribution in [0.5, 0.6) is 0 Å². The van der Waals surface area contributed by atoms with Crippen molar-refractivity contribution < 1.29 is 19.4 Å². The monoisotopic (exact) mass is 462 g/mol. The van der Waals surface area contributed by atoms with Crippen molar-refractivity contribution >= 4 is 21.5 Å². The van der Waals surface area contributed by atoms with Crippen LogP contribution < -0.4 is 5.32 Å². The molecule has 2 nitrogen and oxygen atoms in total. The topological polar surface area (TPSA) is 24.4 Å². The summed E-state index contributed by atoms with van der Waals surface area (Å²) < 4.78 is 1.32. The molecule has 1 N–H and O–H groups in total. The van der Waals surface area contributed by atoms with Gasteiger partial charge in [-0.1, -0.05) is 13.8 Å². The minimum absolute atomic E-state index is 0.331. The van der Waals surface area contributed by atoms with Crippen LogP contribution in [0.25, 0.3) is 0 Å². The van der Waals surface area contributed by atoms with Gasteiger partial charge in [0.2, 0.25) is 0 Å². The molecule has 0 aromatic carbocycles. The molecule has 0 aliphatic carbocycles. The summed E-state index contributed by atoms with van der Waals surface area (Å²) in [6.07, 6.45) is 8.48. The molecule has 1 rings (SSSR count). The predicted octanol–water partition coefficient (Wildman–Crippen LogP) is 3.89. The van der Waals surface area contributed by atoms with Crippen LogP contribution >= 0.6 is 11.8 Å². The third-order valence-electron chi connectivity index (χ3n) is 2.61. The molecule has 4 heteroatoms. The van der Waals surface area contributed by atoms with Crippen molar-refractivity contribution in [1.29, 1.82) is 0 Å². The van der Waals surface area contributed by atoms with E-state index in [1.165, 1.54) is 39.6 Å². The van der Waals surface area contributed by atoms with Crippen LogP contribution in [0.15, 0.2) is 39.8 Å². The molecular weight excluding hydrogens is 436 g/mol. The van der Waals surface area contributed by atoms with E-state index in [1.807, 2.05) is 39.6 Å². The Balaban J connectivity index is 0.00000172. The summed E-state index contributed by atoms with van der Waals surface area (Å²) in [6, 6.07) is 0.331. The quantitative estimate of drug-likeness (QED) is 0.689. The molecule has 1 unspecified atom stereocenters. The summed E-state index contributed by atoms with van der Waals surface area (Å²) in [7, 11) is 1.88. The van der Waals surface area contributed by atoms with Crippen molar-refractivity contribution in [3.8, 4) is 0 Å². The van der Waals surface area contributed by atoms with E-state index in [0.717, 1.165) is 5.75 Å². The number of hydrogen-bond acceptors (Lipinski definition) is 3. The standard InChI is InChI=1S/C14H20N2S.C2H6.W/c1-5-8-9-11-13(6-2)17-10-12(16-7-3)14(11)15-4;1-2;/h5-6,8-9,12,16H,10H2,1-4H3;1-2H3;/b8-5-,11-9+,13-6+,15-14?;;. The van der Waals surface area contributed by atoms with E-state index >= 15 is 0 Å². The maximum atomic E-state index is 4.51. The van der Waals surface area contributed by atoms with E-state index in [9.17, 15) is 0 Å². The Kier molecular flexibility index (Phi) is 11.3. The number of rotatable bonds is 3. The number of thioether (sulfide) groups is 1. The molecule has 0 saturated carbocycles. The second-order valence-corrected chi connectivity index (χ2v) is 7.19. The van der Waals surface area contributed by atoms with Crippen molar-refractivity contribution in [1.82, 2.24) is 5.32 Å². The number of allylic oxidation sites excluding steroid dienone is 5. The van der Waals surface area contributed by atoms with Gasteiger partial charge in [0.05, 0.1) is 0 Å². The van der Waals surface area contributed by atoms with E-state index in [4.69, 9.17) is 0 Å². The van der Waals surface area contributed by atoms with Gasteiger partial charge in [0.15, 0.2) is 0 Å². The zero-order chi connectivity index (χ0) is 15.5. The third-order valence-corrected chi connectivity index (χ3v) is 4.30. The maximum absolute atomic E-state index is 4.51. The van der Waals surface area contributed by atoms with Crippen LogP contribution in [0, 0.1) is 0 Å². The van der Waals surface area contributed by atoms with Crippen molar-refractivity contribution in [3.05, 3.63) is 34.8 Å². The molecule has 0 radical (unpaired) electrons. The summed E-state index contributed by atoms with van der Waals surface area (Å²) >= 11 is 3.39. The molecule has 1 heterocycles. The van der Waals surface area contributed by atoms with Crippen LogP contribution in [0.2, 0.25) is 0 Å². The van der Waals surface area contributed by atoms with Gasteiger partial charge in [0, 0.05) is 0 Å². The molecule has 1 aliphatic rings. The summed E-state index contributed by atoms with van der Waals surface area (Å²) in [5, 5.41) is 3.54. The normalized spacial score (nSPS) is 25.1. The zero-order valence-corrected chi connectivity index (χ0v) is 17.1. The van der Waals surface area contributed by atoms with Crippen molar-refractivity contribution in [3.63, 3.8) is 0 Å². The molecule has 0 spiro atoms. The van der Waals surface area contributed by atoms with E-state index in [-0.39, 0.29) is 0 Å².